The van der Waals surface area contributed by atoms with Gasteiger partial charge >= 0.3 is 6.09 Å². The number of ether oxygens (including phenoxy) is 1. The Labute approximate surface area is 119 Å². The van der Waals surface area contributed by atoms with Crippen LogP contribution in [0.15, 0.2) is 22.8 Å². The number of piperidine rings is 1. The number of nitrogens with zero attached hydrogens (tertiary/aromatic N) is 1. The van der Waals surface area contributed by atoms with Gasteiger partial charge in [-0.1, -0.05) is 0 Å². The molecular weight excluding hydrogens is 268 g/mol. The van der Waals surface area contributed by atoms with Gasteiger partial charge in [0.2, 0.25) is 0 Å². The van der Waals surface area contributed by atoms with Crippen molar-refractivity contribution in [3.8, 4) is 0 Å². The van der Waals surface area contributed by atoms with Crippen LogP contribution < -0.4 is 5.32 Å². The molecule has 0 atom stereocenters. The van der Waals surface area contributed by atoms with Crippen molar-refractivity contribution < 1.29 is 13.9 Å². The minimum Gasteiger partial charge on any atom is -0.468 e. The molecule has 1 aromatic rings. The lowest BCUT2D eigenvalue weighted by molar-refractivity contribution is 0.0948. The Morgan fingerprint density at radius 1 is 1.53 bits per heavy atom. The Morgan fingerprint density at radius 3 is 2.84 bits per heavy atom. The number of hydrogen-bond donors (Lipinski definition) is 1. The molecule has 5 nitrogen and oxygen atoms in total. The summed E-state index contributed by atoms with van der Waals surface area (Å²) in [6.45, 7) is 4.53. The molecule has 1 fully saturated rings. The highest BCUT2D eigenvalue weighted by atomic mass is 35.5. The van der Waals surface area contributed by atoms with Gasteiger partial charge in [0.1, 0.15) is 5.76 Å². The summed E-state index contributed by atoms with van der Waals surface area (Å²) in [5.74, 6) is 0.947. The number of nitrogens with one attached hydrogen (secondary N) is 1. The highest BCUT2D eigenvalue weighted by Gasteiger charge is 2.23. The van der Waals surface area contributed by atoms with Gasteiger partial charge in [0.25, 0.3) is 0 Å². The third-order valence-corrected chi connectivity index (χ3v) is 3.17. The molecule has 1 aliphatic rings. The van der Waals surface area contributed by atoms with Crippen LogP contribution in [0.25, 0.3) is 0 Å². The van der Waals surface area contributed by atoms with Crippen LogP contribution >= 0.6 is 12.4 Å². The van der Waals surface area contributed by atoms with E-state index in [-0.39, 0.29) is 18.5 Å². The van der Waals surface area contributed by atoms with Gasteiger partial charge in [-0.15, -0.1) is 12.4 Å². The first kappa shape index (κ1) is 15.9. The predicted octanol–water partition coefficient (Wildman–Crippen LogP) is 2.41. The standard InChI is InChI=1S/C13H20N2O3.ClH/c1-2-17-13(16)15-7-5-11(6-8-15)14-10-12-4-3-9-18-12;/h3-4,9,11,14H,2,5-8,10H2,1H3;1H. The summed E-state index contributed by atoms with van der Waals surface area (Å²) >= 11 is 0. The number of furan rings is 1. The Hall–Kier alpha value is -1.20. The smallest absolute Gasteiger partial charge is 0.409 e. The molecule has 0 spiro atoms. The topological polar surface area (TPSA) is 54.7 Å². The van der Waals surface area contributed by atoms with Crippen molar-refractivity contribution in [1.29, 1.82) is 0 Å². The van der Waals surface area contributed by atoms with Crippen LogP contribution in [0.3, 0.4) is 0 Å². The summed E-state index contributed by atoms with van der Waals surface area (Å²) in [5, 5.41) is 3.44. The zero-order valence-corrected chi connectivity index (χ0v) is 11.9. The van der Waals surface area contributed by atoms with E-state index in [0.717, 1.165) is 38.2 Å². The molecule has 1 N–H and O–H groups in total. The molecule has 0 radical (unpaired) electrons. The van der Waals surface area contributed by atoms with E-state index < -0.39 is 0 Å². The van der Waals surface area contributed by atoms with Gasteiger partial charge in [-0.3, -0.25) is 0 Å². The maximum Gasteiger partial charge on any atom is 0.409 e. The van der Waals surface area contributed by atoms with Crippen LogP contribution in [0.1, 0.15) is 25.5 Å². The highest BCUT2D eigenvalue weighted by Crippen LogP contribution is 2.12. The molecule has 0 bridgehead atoms. The summed E-state index contributed by atoms with van der Waals surface area (Å²) in [4.78, 5) is 13.3. The molecule has 2 heterocycles. The van der Waals surface area contributed by atoms with E-state index in [2.05, 4.69) is 5.32 Å². The summed E-state index contributed by atoms with van der Waals surface area (Å²) in [7, 11) is 0. The summed E-state index contributed by atoms with van der Waals surface area (Å²) in [5.41, 5.74) is 0. The molecule has 0 saturated carbocycles. The number of amides is 1. The fraction of sp³-hybridized carbons (Fsp3) is 0.615. The van der Waals surface area contributed by atoms with Gasteiger partial charge in [0, 0.05) is 19.1 Å². The lowest BCUT2D eigenvalue weighted by Crippen LogP contribution is -2.44. The number of carbonyl (C=O) groups excluding carboxylic acids is 1. The number of rotatable bonds is 4. The SMILES string of the molecule is CCOC(=O)N1CCC(NCc2ccco2)CC1.Cl. The van der Waals surface area contributed by atoms with Gasteiger partial charge < -0.3 is 19.4 Å². The van der Waals surface area contributed by atoms with E-state index in [1.807, 2.05) is 19.1 Å². The van der Waals surface area contributed by atoms with E-state index in [1.54, 1.807) is 11.2 Å². The van der Waals surface area contributed by atoms with Gasteiger partial charge in [-0.25, -0.2) is 4.79 Å². The number of carbonyl (C=O) groups is 1. The van der Waals surface area contributed by atoms with Crippen LogP contribution in [0, 0.1) is 0 Å². The summed E-state index contributed by atoms with van der Waals surface area (Å²) in [6, 6.07) is 4.29. The van der Waals surface area contributed by atoms with Gasteiger partial charge in [0.05, 0.1) is 19.4 Å². The van der Waals surface area contributed by atoms with E-state index in [4.69, 9.17) is 9.15 Å². The van der Waals surface area contributed by atoms with Crippen LogP contribution in [0.5, 0.6) is 0 Å². The lowest BCUT2D eigenvalue weighted by atomic mass is 10.1. The maximum absolute atomic E-state index is 11.5. The monoisotopic (exact) mass is 288 g/mol. The van der Waals surface area contributed by atoms with E-state index in [9.17, 15) is 4.79 Å². The zero-order chi connectivity index (χ0) is 12.8. The average molecular weight is 289 g/mol. The molecule has 1 saturated heterocycles. The second-order valence-corrected chi connectivity index (χ2v) is 4.42. The van der Waals surface area contributed by atoms with Crippen LogP contribution in [0.2, 0.25) is 0 Å². The predicted molar refractivity (Wildman–Crippen MR) is 74.4 cm³/mol. The highest BCUT2D eigenvalue weighted by molar-refractivity contribution is 5.85. The fourth-order valence-corrected chi connectivity index (χ4v) is 2.14. The molecule has 1 aromatic heterocycles. The van der Waals surface area contributed by atoms with Crippen molar-refractivity contribution in [3.63, 3.8) is 0 Å². The fourth-order valence-electron chi connectivity index (χ4n) is 2.14. The second-order valence-electron chi connectivity index (χ2n) is 4.42. The van der Waals surface area contributed by atoms with Crippen LogP contribution in [-0.2, 0) is 11.3 Å². The number of hydrogen-bond acceptors (Lipinski definition) is 4. The van der Waals surface area contributed by atoms with E-state index in [0.29, 0.717) is 12.6 Å². The second kappa shape index (κ2) is 8.07. The average Bonchev–Trinajstić information content (AvgIpc) is 2.90. The first-order valence-electron chi connectivity index (χ1n) is 6.47. The molecule has 0 unspecified atom stereocenters. The summed E-state index contributed by atoms with van der Waals surface area (Å²) in [6.07, 6.45) is 3.40. The molecule has 19 heavy (non-hydrogen) atoms. The van der Waals surface area contributed by atoms with Gasteiger partial charge in [-0.2, -0.15) is 0 Å². The van der Waals surface area contributed by atoms with Crippen LogP contribution in [0.4, 0.5) is 4.79 Å². The number of likely N-dealkylation sites (tertiary alicyclic amines) is 1. The Kier molecular flexibility index (Phi) is 6.73. The van der Waals surface area contributed by atoms with E-state index in [1.165, 1.54) is 0 Å². The lowest BCUT2D eigenvalue weighted by Gasteiger charge is -2.31. The Bertz CT molecular complexity index is 362. The van der Waals surface area contributed by atoms with Crippen molar-refractivity contribution in [2.24, 2.45) is 0 Å². The van der Waals surface area contributed by atoms with E-state index >= 15 is 0 Å². The Balaban J connectivity index is 0.00000180. The quantitative estimate of drug-likeness (QED) is 0.924. The van der Waals surface area contributed by atoms with Crippen molar-refractivity contribution in [2.45, 2.75) is 32.4 Å². The van der Waals surface area contributed by atoms with Crippen molar-refractivity contribution in [3.05, 3.63) is 24.2 Å². The van der Waals surface area contributed by atoms with Crippen molar-refractivity contribution in [2.75, 3.05) is 19.7 Å². The minimum atomic E-state index is -0.193. The third-order valence-electron chi connectivity index (χ3n) is 3.17. The first-order valence-corrected chi connectivity index (χ1v) is 6.47. The van der Waals surface area contributed by atoms with Crippen molar-refractivity contribution >= 4 is 18.5 Å². The largest absolute Gasteiger partial charge is 0.468 e. The Morgan fingerprint density at radius 2 is 2.26 bits per heavy atom. The number of halogens is 1. The first-order chi connectivity index (χ1) is 8.79. The normalized spacial score (nSPS) is 15.9. The molecule has 2 rings (SSSR count). The third kappa shape index (κ3) is 4.76. The van der Waals surface area contributed by atoms with Crippen LogP contribution in [-0.4, -0.2) is 36.7 Å². The minimum absolute atomic E-state index is 0. The molecule has 108 valence electrons. The summed E-state index contributed by atoms with van der Waals surface area (Å²) < 4.78 is 10.3. The van der Waals surface area contributed by atoms with Gasteiger partial charge in [-0.05, 0) is 31.9 Å². The molecule has 0 aromatic carbocycles. The van der Waals surface area contributed by atoms with Crippen molar-refractivity contribution in [1.82, 2.24) is 10.2 Å². The molecular formula is C13H21ClN2O3. The van der Waals surface area contributed by atoms with Gasteiger partial charge in [0.15, 0.2) is 0 Å². The molecule has 1 aliphatic heterocycles. The molecule has 0 aliphatic carbocycles. The molecule has 1 amide bonds. The molecule has 6 heteroatoms. The maximum atomic E-state index is 11.5. The zero-order valence-electron chi connectivity index (χ0n) is 11.1.